The number of aromatic nitrogens is 4. The predicted molar refractivity (Wildman–Crippen MR) is 225 cm³/mol. The lowest BCUT2D eigenvalue weighted by molar-refractivity contribution is -0.146. The largest absolute Gasteiger partial charge is 0.453 e. The molecule has 4 atom stereocenters. The number of likely N-dealkylation sites (tertiary alicyclic amines) is 1. The molecule has 4 unspecified atom stereocenters. The molecular formula is C43H53N11O6. The van der Waals surface area contributed by atoms with Crippen molar-refractivity contribution < 1.29 is 28.7 Å². The third kappa shape index (κ3) is 9.19. The Morgan fingerprint density at radius 2 is 1.60 bits per heavy atom. The first-order chi connectivity index (χ1) is 28.9. The van der Waals surface area contributed by atoms with Crippen molar-refractivity contribution in [3.05, 3.63) is 72.1 Å². The number of fused-ring (bicyclic) bond motifs is 1. The first-order valence-corrected chi connectivity index (χ1v) is 20.5. The Morgan fingerprint density at radius 3 is 2.33 bits per heavy atom. The van der Waals surface area contributed by atoms with E-state index in [0.717, 1.165) is 63.8 Å². The molecular weight excluding hydrogens is 767 g/mol. The molecule has 17 nitrogen and oxygen atoms in total. The lowest BCUT2D eigenvalue weighted by Gasteiger charge is -2.34. The van der Waals surface area contributed by atoms with Crippen molar-refractivity contribution in [1.29, 1.82) is 0 Å². The molecule has 0 spiro atoms. The molecule has 7 rings (SSSR count). The molecule has 5 heterocycles. The zero-order chi connectivity index (χ0) is 42.5. The Hall–Kier alpha value is -6.52. The van der Waals surface area contributed by atoms with E-state index in [1.165, 1.54) is 18.9 Å². The van der Waals surface area contributed by atoms with Gasteiger partial charge in [-0.15, -0.1) is 0 Å². The quantitative estimate of drug-likeness (QED) is 0.137. The van der Waals surface area contributed by atoms with Crippen LogP contribution in [0.15, 0.2) is 59.9 Å². The number of likely N-dealkylation sites (N-methyl/N-ethyl adjacent to an activating group) is 1. The summed E-state index contributed by atoms with van der Waals surface area (Å²) in [6, 6.07) is 11.9. The number of nitrogens with one attached hydrogen (secondary N) is 6. The molecule has 0 saturated carbocycles. The first kappa shape index (κ1) is 41.6. The zero-order valence-corrected chi connectivity index (χ0v) is 34.6. The van der Waals surface area contributed by atoms with Crippen LogP contribution in [0, 0.1) is 5.92 Å². The van der Waals surface area contributed by atoms with Crippen molar-refractivity contribution in [2.45, 2.75) is 83.5 Å². The zero-order valence-electron chi connectivity index (χ0n) is 34.6. The van der Waals surface area contributed by atoms with Crippen molar-refractivity contribution >= 4 is 46.8 Å². The highest BCUT2D eigenvalue weighted by Gasteiger charge is 2.39. The molecule has 4 aromatic rings. The molecule has 0 radical (unpaired) electrons. The second-order valence-electron chi connectivity index (χ2n) is 15.9. The van der Waals surface area contributed by atoms with Gasteiger partial charge in [0.2, 0.25) is 23.6 Å². The Balaban J connectivity index is 1.02. The van der Waals surface area contributed by atoms with Gasteiger partial charge >= 0.3 is 6.09 Å². The smallest absolute Gasteiger partial charge is 0.407 e. The molecule has 2 aromatic heterocycles. The number of benzene rings is 2. The number of aromatic amines is 2. The number of aliphatic imine (C=N–C) groups is 1. The molecule has 6 N–H and O–H groups in total. The monoisotopic (exact) mass is 819 g/mol. The van der Waals surface area contributed by atoms with Crippen LogP contribution >= 0.6 is 0 Å². The maximum atomic E-state index is 13.8. The number of hydrogen-bond donors (Lipinski definition) is 6. The molecule has 17 heteroatoms. The summed E-state index contributed by atoms with van der Waals surface area (Å²) in [5.74, 6) is 0.477. The average molecular weight is 820 g/mol. The van der Waals surface area contributed by atoms with Crippen LogP contribution in [0.2, 0.25) is 0 Å². The Labute approximate surface area is 348 Å². The van der Waals surface area contributed by atoms with E-state index < -0.39 is 30.1 Å². The van der Waals surface area contributed by atoms with Gasteiger partial charge < -0.3 is 45.8 Å². The number of H-pyrrole nitrogens is 2. The molecule has 3 aliphatic heterocycles. The van der Waals surface area contributed by atoms with Gasteiger partial charge in [-0.1, -0.05) is 44.2 Å². The molecule has 60 heavy (non-hydrogen) atoms. The number of ether oxygens (including phenoxy) is 1. The number of carbonyl (C=O) groups is 5. The fourth-order valence-electron chi connectivity index (χ4n) is 8.12. The van der Waals surface area contributed by atoms with Gasteiger partial charge in [-0.2, -0.15) is 0 Å². The highest BCUT2D eigenvalue weighted by molar-refractivity contribution is 6.07. The lowest BCUT2D eigenvalue weighted by atomic mass is 10.0. The Bertz CT molecular complexity index is 2260. The summed E-state index contributed by atoms with van der Waals surface area (Å²) in [7, 11) is 2.91. The summed E-state index contributed by atoms with van der Waals surface area (Å²) in [5.41, 5.74) is 7.03. The fourth-order valence-corrected chi connectivity index (χ4v) is 8.12. The standard InChI is InChI=1S/C43H53N11O6/c1-24(2)38(53(4)25(3)55)42(58)54-19-7-9-36(54)40-47-23-35(50-40)28-14-15-29-32(20-28)45-21-33(48-29)26-10-12-27(13-11-26)34-22-46-39(49-34)30-8-6-18-44-37(56)17-16-31(41(57)51-30)52-43(59)60-5/h10-15,20,22-24,30-31,36,38,45H,6-9,16-19,21H2,1-5H3,(H,44,56)(H,46,49)(H,47,50)(H,51,57)(H,52,59). The highest BCUT2D eigenvalue weighted by Crippen LogP contribution is 2.36. The minimum absolute atomic E-state index is 0.0280. The number of nitrogens with zero attached hydrogens (tertiary/aromatic N) is 5. The highest BCUT2D eigenvalue weighted by atomic mass is 16.5. The van der Waals surface area contributed by atoms with E-state index in [2.05, 4.69) is 47.0 Å². The topological polar surface area (TPSA) is 219 Å². The molecule has 5 amide bonds. The average Bonchev–Trinajstić information content (AvgIpc) is 4.04. The number of alkyl carbamates (subject to hydrolysis) is 1. The van der Waals surface area contributed by atoms with Gasteiger partial charge in [0.25, 0.3) is 0 Å². The Morgan fingerprint density at radius 1 is 0.900 bits per heavy atom. The number of methoxy groups -OCH3 is 1. The minimum Gasteiger partial charge on any atom is -0.453 e. The van der Waals surface area contributed by atoms with E-state index in [4.69, 9.17) is 9.98 Å². The number of imidazole rings is 2. The number of amides is 5. The second kappa shape index (κ2) is 18.2. The van der Waals surface area contributed by atoms with Crippen LogP contribution in [0.3, 0.4) is 0 Å². The van der Waals surface area contributed by atoms with Crippen LogP contribution in [0.5, 0.6) is 0 Å². The molecule has 3 aliphatic rings. The van der Waals surface area contributed by atoms with Crippen molar-refractivity contribution in [1.82, 2.24) is 45.7 Å². The molecule has 0 aliphatic carbocycles. The van der Waals surface area contributed by atoms with Crippen molar-refractivity contribution in [3.63, 3.8) is 0 Å². The van der Waals surface area contributed by atoms with Gasteiger partial charge in [-0.05, 0) is 61.3 Å². The number of anilines is 1. The van der Waals surface area contributed by atoms with Crippen LogP contribution in [-0.4, -0.2) is 111 Å². The van der Waals surface area contributed by atoms with Gasteiger partial charge in [0.05, 0.1) is 66.6 Å². The summed E-state index contributed by atoms with van der Waals surface area (Å²) in [6.07, 6.45) is 5.79. The van der Waals surface area contributed by atoms with Gasteiger partial charge in [0, 0.05) is 39.0 Å². The van der Waals surface area contributed by atoms with E-state index >= 15 is 0 Å². The summed E-state index contributed by atoms with van der Waals surface area (Å²) < 4.78 is 4.69. The summed E-state index contributed by atoms with van der Waals surface area (Å²) in [4.78, 5) is 87.9. The number of carbonyl (C=O) groups excluding carboxylic acids is 5. The molecule has 2 aromatic carbocycles. The molecule has 0 bridgehead atoms. The molecule has 2 fully saturated rings. The third-order valence-electron chi connectivity index (χ3n) is 11.5. The number of rotatable bonds is 9. The maximum Gasteiger partial charge on any atom is 0.407 e. The van der Waals surface area contributed by atoms with Crippen molar-refractivity contribution in [2.24, 2.45) is 10.9 Å². The maximum absolute atomic E-state index is 13.8. The summed E-state index contributed by atoms with van der Waals surface area (Å²) in [6.45, 7) is 7.02. The van der Waals surface area contributed by atoms with Gasteiger partial charge in [0.15, 0.2) is 0 Å². The molecule has 316 valence electrons. The van der Waals surface area contributed by atoms with Crippen molar-refractivity contribution in [2.75, 3.05) is 39.1 Å². The number of hydrogen-bond acceptors (Lipinski definition) is 10. The SMILES string of the molecule is COC(=O)NC1CCC(=O)NCCCC(c2ncc(-c3ccc(C4=Nc5ccc(-c6cnc(C7CCCN7C(=O)C(C(C)C)N(C)C(C)=O)[nH]6)cc5NC4)cc3)[nH]2)NC1=O. The van der Waals surface area contributed by atoms with E-state index in [1.807, 2.05) is 55.1 Å². The second-order valence-corrected chi connectivity index (χ2v) is 15.9. The van der Waals surface area contributed by atoms with Gasteiger partial charge in [0.1, 0.15) is 23.7 Å². The molecule has 2 saturated heterocycles. The lowest BCUT2D eigenvalue weighted by Crippen LogP contribution is -2.51. The van der Waals surface area contributed by atoms with E-state index in [-0.39, 0.29) is 42.5 Å². The van der Waals surface area contributed by atoms with Crippen LogP contribution in [0.4, 0.5) is 16.2 Å². The van der Waals surface area contributed by atoms with Crippen LogP contribution < -0.4 is 21.3 Å². The van der Waals surface area contributed by atoms with Gasteiger partial charge in [-0.3, -0.25) is 19.2 Å². The fraction of sp³-hybridized carbons (Fsp3) is 0.442. The van der Waals surface area contributed by atoms with Crippen molar-refractivity contribution in [3.8, 4) is 22.5 Å². The summed E-state index contributed by atoms with van der Waals surface area (Å²) in [5, 5.41) is 11.9. The van der Waals surface area contributed by atoms with Gasteiger partial charge in [-0.25, -0.2) is 19.8 Å². The minimum atomic E-state index is -0.943. The third-order valence-corrected chi connectivity index (χ3v) is 11.5. The summed E-state index contributed by atoms with van der Waals surface area (Å²) >= 11 is 0. The van der Waals surface area contributed by atoms with E-state index in [0.29, 0.717) is 38.3 Å². The first-order valence-electron chi connectivity index (χ1n) is 20.5. The normalized spacial score (nSPS) is 20.1. The van der Waals surface area contributed by atoms with Crippen LogP contribution in [-0.2, 0) is 23.9 Å². The Kier molecular flexibility index (Phi) is 12.6. The van der Waals surface area contributed by atoms with Crippen LogP contribution in [0.1, 0.15) is 88.6 Å². The van der Waals surface area contributed by atoms with E-state index in [9.17, 15) is 24.0 Å². The van der Waals surface area contributed by atoms with Crippen LogP contribution in [0.25, 0.3) is 22.5 Å². The predicted octanol–water partition coefficient (Wildman–Crippen LogP) is 4.75. The van der Waals surface area contributed by atoms with E-state index in [1.54, 1.807) is 19.4 Å².